The molecule has 0 spiro atoms. The highest BCUT2D eigenvalue weighted by molar-refractivity contribution is 6.06. The zero-order valence-corrected chi connectivity index (χ0v) is 19.3. The Morgan fingerprint density at radius 3 is 2.58 bits per heavy atom. The molecule has 0 aliphatic carbocycles. The van der Waals surface area contributed by atoms with E-state index in [1.807, 2.05) is 36.4 Å². The fourth-order valence-electron chi connectivity index (χ4n) is 4.53. The van der Waals surface area contributed by atoms with Crippen LogP contribution in [0.2, 0.25) is 0 Å². The summed E-state index contributed by atoms with van der Waals surface area (Å²) in [6.07, 6.45) is 1.79. The summed E-state index contributed by atoms with van der Waals surface area (Å²) >= 11 is 0. The van der Waals surface area contributed by atoms with Crippen LogP contribution in [-0.2, 0) is 11.3 Å². The van der Waals surface area contributed by atoms with Crippen molar-refractivity contribution in [2.45, 2.75) is 26.4 Å². The van der Waals surface area contributed by atoms with Gasteiger partial charge in [-0.25, -0.2) is 9.78 Å². The van der Waals surface area contributed by atoms with Crippen LogP contribution in [-0.4, -0.2) is 65.4 Å². The Morgan fingerprint density at radius 2 is 1.88 bits per heavy atom. The standard InChI is InChI=1S/C25H29N5O3/c1-17(2)28-10-12-29(13-11-28)21-9-8-18(16-26-21)22-24-23(19-6-4-5-7-20(19)33-24)30(14-15-32-3)25(31)27-22/h4-9,16-17H,10-15H2,1-3H3. The molecular weight excluding hydrogens is 418 g/mol. The number of anilines is 1. The molecule has 5 rings (SSSR count). The summed E-state index contributed by atoms with van der Waals surface area (Å²) in [6, 6.07) is 12.3. The van der Waals surface area contributed by atoms with Crippen molar-refractivity contribution in [2.24, 2.45) is 0 Å². The summed E-state index contributed by atoms with van der Waals surface area (Å²) in [5.74, 6) is 0.941. The van der Waals surface area contributed by atoms with Crippen molar-refractivity contribution in [3.63, 3.8) is 0 Å². The van der Waals surface area contributed by atoms with Gasteiger partial charge in [-0.1, -0.05) is 12.1 Å². The lowest BCUT2D eigenvalue weighted by atomic mass is 10.1. The van der Waals surface area contributed by atoms with E-state index in [1.165, 1.54) is 0 Å². The zero-order valence-electron chi connectivity index (χ0n) is 19.3. The van der Waals surface area contributed by atoms with Gasteiger partial charge in [0.25, 0.3) is 0 Å². The minimum absolute atomic E-state index is 0.324. The van der Waals surface area contributed by atoms with Gasteiger partial charge in [0.05, 0.1) is 13.2 Å². The van der Waals surface area contributed by atoms with Crippen molar-refractivity contribution in [1.82, 2.24) is 19.4 Å². The predicted octanol–water partition coefficient (Wildman–Crippen LogP) is 3.38. The molecule has 0 bridgehead atoms. The van der Waals surface area contributed by atoms with Crippen LogP contribution >= 0.6 is 0 Å². The van der Waals surface area contributed by atoms with Crippen LogP contribution in [0.1, 0.15) is 13.8 Å². The number of hydrogen-bond donors (Lipinski definition) is 0. The number of benzene rings is 1. The Kier molecular flexibility index (Phi) is 5.86. The van der Waals surface area contributed by atoms with E-state index in [-0.39, 0.29) is 5.69 Å². The van der Waals surface area contributed by atoms with Gasteiger partial charge in [0.15, 0.2) is 5.58 Å². The molecule has 0 saturated carbocycles. The predicted molar refractivity (Wildman–Crippen MR) is 130 cm³/mol. The normalized spacial score (nSPS) is 15.2. The number of hydrogen-bond acceptors (Lipinski definition) is 7. The SMILES string of the molecule is COCCn1c(=O)nc(-c2ccc(N3CCN(C(C)C)CC3)nc2)c2oc3ccccc3c21. The highest BCUT2D eigenvalue weighted by Crippen LogP contribution is 2.33. The maximum absolute atomic E-state index is 13.0. The molecule has 172 valence electrons. The van der Waals surface area contributed by atoms with Crippen LogP contribution in [0.4, 0.5) is 5.82 Å². The number of aromatic nitrogens is 3. The number of para-hydroxylation sites is 1. The molecule has 3 aromatic heterocycles. The van der Waals surface area contributed by atoms with Gasteiger partial charge in [0, 0.05) is 56.5 Å². The Balaban J connectivity index is 1.53. The average molecular weight is 448 g/mol. The Hall–Kier alpha value is -3.23. The summed E-state index contributed by atoms with van der Waals surface area (Å²) in [5, 5.41) is 0.886. The fourth-order valence-corrected chi connectivity index (χ4v) is 4.53. The first-order valence-electron chi connectivity index (χ1n) is 11.4. The fraction of sp³-hybridized carbons (Fsp3) is 0.400. The number of piperazine rings is 1. The first-order chi connectivity index (χ1) is 16.1. The summed E-state index contributed by atoms with van der Waals surface area (Å²) in [6.45, 7) is 9.25. The molecule has 33 heavy (non-hydrogen) atoms. The number of methoxy groups -OCH3 is 1. The van der Waals surface area contributed by atoms with E-state index in [4.69, 9.17) is 14.1 Å². The second kappa shape index (κ2) is 8.96. The lowest BCUT2D eigenvalue weighted by Gasteiger charge is -2.37. The van der Waals surface area contributed by atoms with Crippen molar-refractivity contribution in [1.29, 1.82) is 0 Å². The molecule has 1 aliphatic rings. The van der Waals surface area contributed by atoms with Crippen LogP contribution in [0, 0.1) is 0 Å². The molecule has 1 saturated heterocycles. The zero-order chi connectivity index (χ0) is 22.9. The van der Waals surface area contributed by atoms with Crippen LogP contribution in [0.15, 0.2) is 51.8 Å². The van der Waals surface area contributed by atoms with Crippen LogP contribution < -0.4 is 10.6 Å². The molecule has 0 N–H and O–H groups in total. The van der Waals surface area contributed by atoms with Gasteiger partial charge in [0.1, 0.15) is 22.6 Å². The Morgan fingerprint density at radius 1 is 1.09 bits per heavy atom. The molecule has 1 fully saturated rings. The second-order valence-electron chi connectivity index (χ2n) is 8.69. The number of fused-ring (bicyclic) bond motifs is 3. The maximum atomic E-state index is 13.0. The molecular formula is C25H29N5O3. The summed E-state index contributed by atoms with van der Waals surface area (Å²) in [4.78, 5) is 26.9. The number of nitrogens with zero attached hydrogens (tertiary/aromatic N) is 5. The minimum atomic E-state index is -0.324. The first kappa shape index (κ1) is 21.6. The van der Waals surface area contributed by atoms with Gasteiger partial charge in [-0.05, 0) is 38.1 Å². The molecule has 4 heterocycles. The molecule has 4 aromatic rings. The summed E-state index contributed by atoms with van der Waals surface area (Å²) in [7, 11) is 1.62. The van der Waals surface area contributed by atoms with E-state index >= 15 is 0 Å². The van der Waals surface area contributed by atoms with Crippen molar-refractivity contribution < 1.29 is 9.15 Å². The third-order valence-corrected chi connectivity index (χ3v) is 6.40. The van der Waals surface area contributed by atoms with E-state index < -0.39 is 0 Å². The molecule has 0 radical (unpaired) electrons. The first-order valence-corrected chi connectivity index (χ1v) is 11.4. The smallest absolute Gasteiger partial charge is 0.348 e. The largest absolute Gasteiger partial charge is 0.452 e. The lowest BCUT2D eigenvalue weighted by Crippen LogP contribution is -2.49. The topological polar surface area (TPSA) is 76.6 Å². The average Bonchev–Trinajstić information content (AvgIpc) is 3.23. The number of furan rings is 1. The van der Waals surface area contributed by atoms with Crippen molar-refractivity contribution in [3.8, 4) is 11.3 Å². The van der Waals surface area contributed by atoms with Crippen LogP contribution in [0.25, 0.3) is 33.3 Å². The van der Waals surface area contributed by atoms with Gasteiger partial charge in [-0.2, -0.15) is 4.98 Å². The van der Waals surface area contributed by atoms with Gasteiger partial charge in [0.2, 0.25) is 0 Å². The van der Waals surface area contributed by atoms with Crippen LogP contribution in [0.5, 0.6) is 0 Å². The number of ether oxygens (including phenoxy) is 1. The molecule has 0 atom stereocenters. The molecule has 8 heteroatoms. The van der Waals surface area contributed by atoms with Gasteiger partial charge in [-0.15, -0.1) is 0 Å². The molecule has 1 aromatic carbocycles. The van der Waals surface area contributed by atoms with Gasteiger partial charge < -0.3 is 14.1 Å². The van der Waals surface area contributed by atoms with Gasteiger partial charge in [-0.3, -0.25) is 9.47 Å². The van der Waals surface area contributed by atoms with Crippen molar-refractivity contribution in [3.05, 3.63) is 53.1 Å². The molecule has 0 amide bonds. The highest BCUT2D eigenvalue weighted by Gasteiger charge is 2.22. The van der Waals surface area contributed by atoms with E-state index in [0.717, 1.165) is 54.0 Å². The summed E-state index contributed by atoms with van der Waals surface area (Å²) < 4.78 is 13.0. The third-order valence-electron chi connectivity index (χ3n) is 6.40. The van der Waals surface area contributed by atoms with Crippen molar-refractivity contribution >= 4 is 27.9 Å². The summed E-state index contributed by atoms with van der Waals surface area (Å²) in [5.41, 5.74) is 3.01. The van der Waals surface area contributed by atoms with E-state index in [9.17, 15) is 4.79 Å². The molecule has 8 nitrogen and oxygen atoms in total. The monoisotopic (exact) mass is 447 g/mol. The van der Waals surface area contributed by atoms with Crippen LogP contribution in [0.3, 0.4) is 0 Å². The number of rotatable bonds is 6. The third kappa shape index (κ3) is 4.00. The van der Waals surface area contributed by atoms with E-state index in [1.54, 1.807) is 17.9 Å². The lowest BCUT2D eigenvalue weighted by molar-refractivity contribution is 0.187. The van der Waals surface area contributed by atoms with E-state index in [2.05, 4.69) is 28.6 Å². The number of pyridine rings is 1. The Labute approximate surface area is 192 Å². The minimum Gasteiger partial charge on any atom is -0.452 e. The van der Waals surface area contributed by atoms with Gasteiger partial charge >= 0.3 is 5.69 Å². The maximum Gasteiger partial charge on any atom is 0.348 e. The second-order valence-corrected chi connectivity index (χ2v) is 8.69. The quantitative estimate of drug-likeness (QED) is 0.448. The molecule has 0 unspecified atom stereocenters. The van der Waals surface area contributed by atoms with Crippen molar-refractivity contribution in [2.75, 3.05) is 44.8 Å². The van der Waals surface area contributed by atoms with E-state index in [0.29, 0.717) is 30.5 Å². The Bertz CT molecular complexity index is 1320. The highest BCUT2D eigenvalue weighted by atomic mass is 16.5. The molecule has 1 aliphatic heterocycles.